The molecule has 1 aliphatic heterocycles. The Morgan fingerprint density at radius 2 is 1.80 bits per heavy atom. The summed E-state index contributed by atoms with van der Waals surface area (Å²) in [6.45, 7) is 1.44. The first-order chi connectivity index (χ1) is 7.40. The zero-order valence-corrected chi connectivity index (χ0v) is 8.48. The van der Waals surface area contributed by atoms with Crippen LogP contribution in [-0.4, -0.2) is 24.6 Å². The van der Waals surface area contributed by atoms with E-state index >= 15 is 0 Å². The van der Waals surface area contributed by atoms with Crippen LogP contribution in [-0.2, 0) is 0 Å². The average Bonchev–Trinajstić information content (AvgIpc) is 2.55. The van der Waals surface area contributed by atoms with Gasteiger partial charge in [0.1, 0.15) is 5.84 Å². The summed E-state index contributed by atoms with van der Waals surface area (Å²) in [5.74, 6) is 6.18. The fraction of sp³-hybridized carbons (Fsp3) is 0.273. The maximum Gasteiger partial charge on any atom is 0.116 e. The zero-order valence-electron chi connectivity index (χ0n) is 8.48. The fourth-order valence-corrected chi connectivity index (χ4v) is 1.56. The van der Waals surface area contributed by atoms with E-state index in [1.165, 1.54) is 0 Å². The third-order valence-electron chi connectivity index (χ3n) is 2.31. The first-order valence-corrected chi connectivity index (χ1v) is 4.99. The third-order valence-corrected chi connectivity index (χ3v) is 2.31. The van der Waals surface area contributed by atoms with Crippen molar-refractivity contribution in [3.05, 3.63) is 35.9 Å². The summed E-state index contributed by atoms with van der Waals surface area (Å²) < 4.78 is 0. The largest absolute Gasteiger partial charge is 0.312 e. The molecule has 1 aromatic carbocycles. The molecule has 15 heavy (non-hydrogen) atoms. The number of rotatable bonds is 1. The van der Waals surface area contributed by atoms with E-state index in [9.17, 15) is 0 Å². The maximum atomic E-state index is 5.38. The molecule has 2 rings (SSSR count). The standard InChI is InChI=1S/C11H14N4/c12-15-11-8-10(13-6-7-14-11)9-4-2-1-3-5-9/h1-5H,6-8,12H2,(H,14,15). The molecule has 1 aromatic rings. The lowest BCUT2D eigenvalue weighted by Gasteiger charge is -2.06. The van der Waals surface area contributed by atoms with E-state index in [1.807, 2.05) is 18.2 Å². The van der Waals surface area contributed by atoms with Crippen molar-refractivity contribution in [2.75, 3.05) is 13.1 Å². The van der Waals surface area contributed by atoms with Crippen molar-refractivity contribution in [2.45, 2.75) is 6.42 Å². The van der Waals surface area contributed by atoms with E-state index in [4.69, 9.17) is 5.84 Å². The molecule has 0 atom stereocenters. The van der Waals surface area contributed by atoms with Crippen LogP contribution in [0.1, 0.15) is 12.0 Å². The number of nitrogens with two attached hydrogens (primary N) is 1. The van der Waals surface area contributed by atoms with Gasteiger partial charge in [0.05, 0.1) is 13.1 Å². The minimum atomic E-state index is 0.681. The Morgan fingerprint density at radius 1 is 1.07 bits per heavy atom. The highest BCUT2D eigenvalue weighted by atomic mass is 15.3. The molecule has 0 bridgehead atoms. The number of nitrogens with one attached hydrogen (secondary N) is 1. The van der Waals surface area contributed by atoms with Crippen LogP contribution in [0.15, 0.2) is 40.3 Å². The normalized spacial score (nSPS) is 16.3. The summed E-state index contributed by atoms with van der Waals surface area (Å²) >= 11 is 0. The molecular weight excluding hydrogens is 188 g/mol. The first kappa shape index (κ1) is 9.86. The Morgan fingerprint density at radius 3 is 2.53 bits per heavy atom. The molecule has 78 valence electrons. The Hall–Kier alpha value is -1.68. The van der Waals surface area contributed by atoms with Crippen LogP contribution >= 0.6 is 0 Å². The topological polar surface area (TPSA) is 62.8 Å². The van der Waals surface area contributed by atoms with Crippen LogP contribution in [0.25, 0.3) is 0 Å². The lowest BCUT2D eigenvalue weighted by Crippen LogP contribution is -2.32. The van der Waals surface area contributed by atoms with Gasteiger partial charge in [0.15, 0.2) is 0 Å². The number of aliphatic imine (C=N–C) groups is 2. The van der Waals surface area contributed by atoms with Gasteiger partial charge in [0.2, 0.25) is 0 Å². The van der Waals surface area contributed by atoms with Gasteiger partial charge in [-0.05, 0) is 5.56 Å². The lowest BCUT2D eigenvalue weighted by atomic mass is 10.1. The summed E-state index contributed by atoms with van der Waals surface area (Å²) in [6, 6.07) is 10.1. The number of benzene rings is 1. The van der Waals surface area contributed by atoms with Gasteiger partial charge >= 0.3 is 0 Å². The van der Waals surface area contributed by atoms with Gasteiger partial charge in [-0.1, -0.05) is 30.3 Å². The molecule has 3 N–H and O–H groups in total. The molecule has 4 nitrogen and oxygen atoms in total. The van der Waals surface area contributed by atoms with Crippen LogP contribution in [0, 0.1) is 0 Å². The van der Waals surface area contributed by atoms with Crippen molar-refractivity contribution >= 4 is 11.5 Å². The number of hydrogen-bond acceptors (Lipinski definition) is 4. The monoisotopic (exact) mass is 202 g/mol. The van der Waals surface area contributed by atoms with Crippen molar-refractivity contribution < 1.29 is 0 Å². The average molecular weight is 202 g/mol. The highest BCUT2D eigenvalue weighted by Crippen LogP contribution is 2.07. The Balaban J connectivity index is 2.23. The van der Waals surface area contributed by atoms with Gasteiger partial charge in [-0.15, -0.1) is 0 Å². The number of amidine groups is 1. The van der Waals surface area contributed by atoms with Crippen LogP contribution in [0.4, 0.5) is 0 Å². The second-order valence-electron chi connectivity index (χ2n) is 3.34. The SMILES string of the molecule is NNC1=NCCN=C(c2ccccc2)C1. The van der Waals surface area contributed by atoms with Crippen molar-refractivity contribution in [1.29, 1.82) is 0 Å². The van der Waals surface area contributed by atoms with Crippen LogP contribution in [0.5, 0.6) is 0 Å². The highest BCUT2D eigenvalue weighted by molar-refractivity contribution is 6.12. The van der Waals surface area contributed by atoms with E-state index in [2.05, 4.69) is 27.5 Å². The first-order valence-electron chi connectivity index (χ1n) is 4.99. The molecule has 0 radical (unpaired) electrons. The molecule has 0 unspecified atom stereocenters. The number of hydrazine groups is 1. The number of hydrogen-bond donors (Lipinski definition) is 2. The smallest absolute Gasteiger partial charge is 0.116 e. The van der Waals surface area contributed by atoms with E-state index in [0.717, 1.165) is 23.7 Å². The molecule has 0 amide bonds. The molecule has 4 heteroatoms. The van der Waals surface area contributed by atoms with Gasteiger partial charge in [-0.25, -0.2) is 5.84 Å². The summed E-state index contributed by atoms with van der Waals surface area (Å²) in [5.41, 5.74) is 4.80. The predicted octanol–water partition coefficient (Wildman–Crippen LogP) is 0.741. The second-order valence-corrected chi connectivity index (χ2v) is 3.34. The summed E-state index contributed by atoms with van der Waals surface area (Å²) in [4.78, 5) is 8.78. The van der Waals surface area contributed by atoms with Crippen molar-refractivity contribution in [2.24, 2.45) is 15.8 Å². The van der Waals surface area contributed by atoms with Gasteiger partial charge in [0.25, 0.3) is 0 Å². The van der Waals surface area contributed by atoms with Crippen LogP contribution in [0.2, 0.25) is 0 Å². The molecule has 0 spiro atoms. The Labute approximate surface area is 88.9 Å². The van der Waals surface area contributed by atoms with Crippen molar-refractivity contribution in [3.8, 4) is 0 Å². The highest BCUT2D eigenvalue weighted by Gasteiger charge is 2.09. The Bertz CT molecular complexity index is 381. The van der Waals surface area contributed by atoms with E-state index in [0.29, 0.717) is 13.0 Å². The lowest BCUT2D eigenvalue weighted by molar-refractivity contribution is 0.947. The van der Waals surface area contributed by atoms with Gasteiger partial charge in [-0.3, -0.25) is 9.98 Å². The van der Waals surface area contributed by atoms with Crippen molar-refractivity contribution in [3.63, 3.8) is 0 Å². The summed E-state index contributed by atoms with van der Waals surface area (Å²) in [5, 5.41) is 0. The third kappa shape index (κ3) is 2.41. The number of nitrogens with zero attached hydrogens (tertiary/aromatic N) is 2. The molecule has 1 aliphatic rings. The quantitative estimate of drug-likeness (QED) is 0.521. The molecule has 0 aliphatic carbocycles. The minimum Gasteiger partial charge on any atom is -0.312 e. The summed E-state index contributed by atoms with van der Waals surface area (Å²) in [7, 11) is 0. The van der Waals surface area contributed by atoms with E-state index in [1.54, 1.807) is 0 Å². The second kappa shape index (κ2) is 4.70. The predicted molar refractivity (Wildman–Crippen MR) is 62.1 cm³/mol. The van der Waals surface area contributed by atoms with Crippen LogP contribution in [0.3, 0.4) is 0 Å². The van der Waals surface area contributed by atoms with Gasteiger partial charge in [-0.2, -0.15) is 0 Å². The van der Waals surface area contributed by atoms with E-state index < -0.39 is 0 Å². The molecule has 1 heterocycles. The van der Waals surface area contributed by atoms with E-state index in [-0.39, 0.29) is 0 Å². The summed E-state index contributed by atoms with van der Waals surface area (Å²) in [6.07, 6.45) is 0.681. The van der Waals surface area contributed by atoms with Gasteiger partial charge < -0.3 is 5.43 Å². The Kier molecular flexibility index (Phi) is 3.09. The van der Waals surface area contributed by atoms with Gasteiger partial charge in [0, 0.05) is 12.1 Å². The molecule has 0 saturated heterocycles. The molecule has 0 aromatic heterocycles. The molecular formula is C11H14N4. The zero-order chi connectivity index (χ0) is 10.5. The molecule has 0 saturated carbocycles. The van der Waals surface area contributed by atoms with Crippen LogP contribution < -0.4 is 11.3 Å². The molecule has 0 fully saturated rings. The maximum absolute atomic E-state index is 5.38. The fourth-order valence-electron chi connectivity index (χ4n) is 1.56. The van der Waals surface area contributed by atoms with Crippen molar-refractivity contribution in [1.82, 2.24) is 5.43 Å². The minimum absolute atomic E-state index is 0.681.